The minimum Gasteiger partial charge on any atom is -0.309 e. The second kappa shape index (κ2) is 7.16. The highest BCUT2D eigenvalue weighted by atomic mass is 16.2. The lowest BCUT2D eigenvalue weighted by Gasteiger charge is -2.22. The largest absolute Gasteiger partial charge is 0.309 e. The van der Waals surface area contributed by atoms with E-state index in [1.54, 1.807) is 0 Å². The van der Waals surface area contributed by atoms with E-state index in [0.717, 1.165) is 29.8 Å². The number of aromatic amines is 1. The number of anilines is 1. The van der Waals surface area contributed by atoms with Gasteiger partial charge in [0, 0.05) is 34.6 Å². The molecule has 0 saturated carbocycles. The molecule has 0 unspecified atom stereocenters. The Labute approximate surface area is 153 Å². The molecule has 0 atom stereocenters. The number of hydrogen-bond donors (Lipinski definition) is 1. The van der Waals surface area contributed by atoms with Gasteiger partial charge < -0.3 is 4.90 Å². The third-order valence-corrected chi connectivity index (χ3v) is 5.10. The molecule has 1 N–H and O–H groups in total. The molecule has 4 rings (SSSR count). The summed E-state index contributed by atoms with van der Waals surface area (Å²) in [5, 5.41) is 7.76. The summed E-state index contributed by atoms with van der Waals surface area (Å²) in [5.41, 5.74) is 5.99. The van der Waals surface area contributed by atoms with Crippen molar-refractivity contribution in [2.24, 2.45) is 0 Å². The van der Waals surface area contributed by atoms with E-state index in [-0.39, 0.29) is 5.91 Å². The van der Waals surface area contributed by atoms with Crippen LogP contribution in [0.3, 0.4) is 0 Å². The standard InChI is InChI=1S/C22H23N3O/c1-2-25(16-10-4-3-5-11-16)22(26)18-13-7-6-12-17(18)21-19-14-8-9-15-20(19)23-24-21/h3-7,10-13H,2,8-9,14-15H2,1H3,(H,23,24). The van der Waals surface area contributed by atoms with Gasteiger partial charge in [-0.1, -0.05) is 36.4 Å². The number of aryl methyl sites for hydroxylation is 1. The monoisotopic (exact) mass is 345 g/mol. The number of rotatable bonds is 4. The lowest BCUT2D eigenvalue weighted by Crippen LogP contribution is -2.31. The number of amides is 1. The van der Waals surface area contributed by atoms with E-state index in [9.17, 15) is 4.79 Å². The van der Waals surface area contributed by atoms with Crippen molar-refractivity contribution in [2.75, 3.05) is 11.4 Å². The smallest absolute Gasteiger partial charge is 0.258 e. The fourth-order valence-corrected chi connectivity index (χ4v) is 3.78. The lowest BCUT2D eigenvalue weighted by molar-refractivity contribution is 0.0989. The average molecular weight is 345 g/mol. The first-order chi connectivity index (χ1) is 12.8. The topological polar surface area (TPSA) is 49.0 Å². The van der Waals surface area contributed by atoms with E-state index in [4.69, 9.17) is 0 Å². The van der Waals surface area contributed by atoms with Crippen LogP contribution in [-0.2, 0) is 12.8 Å². The maximum Gasteiger partial charge on any atom is 0.258 e. The number of para-hydroxylation sites is 1. The summed E-state index contributed by atoms with van der Waals surface area (Å²) in [4.78, 5) is 15.2. The van der Waals surface area contributed by atoms with E-state index in [1.807, 2.05) is 66.4 Å². The molecule has 4 heteroatoms. The first-order valence-corrected chi connectivity index (χ1v) is 9.32. The molecule has 26 heavy (non-hydrogen) atoms. The fourth-order valence-electron chi connectivity index (χ4n) is 3.78. The van der Waals surface area contributed by atoms with E-state index < -0.39 is 0 Å². The second-order valence-electron chi connectivity index (χ2n) is 6.67. The predicted octanol–water partition coefficient (Wildman–Crippen LogP) is 4.62. The SMILES string of the molecule is CCN(C(=O)c1ccccc1-c1n[nH]c2c1CCCC2)c1ccccc1. The van der Waals surface area contributed by atoms with E-state index in [0.29, 0.717) is 12.1 Å². The van der Waals surface area contributed by atoms with Gasteiger partial charge in [0.15, 0.2) is 0 Å². The number of nitrogens with one attached hydrogen (secondary N) is 1. The molecule has 2 aromatic carbocycles. The van der Waals surface area contributed by atoms with Gasteiger partial charge in [-0.3, -0.25) is 9.89 Å². The first kappa shape index (κ1) is 16.6. The van der Waals surface area contributed by atoms with Gasteiger partial charge in [-0.05, 0) is 50.8 Å². The van der Waals surface area contributed by atoms with Crippen LogP contribution in [0.2, 0.25) is 0 Å². The van der Waals surface area contributed by atoms with E-state index in [1.165, 1.54) is 24.1 Å². The summed E-state index contributed by atoms with van der Waals surface area (Å²) in [7, 11) is 0. The highest BCUT2D eigenvalue weighted by Crippen LogP contribution is 2.32. The Kier molecular flexibility index (Phi) is 4.57. The summed E-state index contributed by atoms with van der Waals surface area (Å²) in [6.45, 7) is 2.62. The molecule has 0 fully saturated rings. The highest BCUT2D eigenvalue weighted by Gasteiger charge is 2.24. The maximum atomic E-state index is 13.3. The molecule has 0 bridgehead atoms. The van der Waals surface area contributed by atoms with Crippen molar-refractivity contribution < 1.29 is 4.79 Å². The normalized spacial score (nSPS) is 13.3. The van der Waals surface area contributed by atoms with Gasteiger partial charge in [-0.15, -0.1) is 0 Å². The summed E-state index contributed by atoms with van der Waals surface area (Å²) in [5.74, 6) is 0.0156. The minimum absolute atomic E-state index is 0.0156. The van der Waals surface area contributed by atoms with Crippen molar-refractivity contribution in [3.8, 4) is 11.3 Å². The van der Waals surface area contributed by atoms with E-state index >= 15 is 0 Å². The van der Waals surface area contributed by atoms with Crippen molar-refractivity contribution in [2.45, 2.75) is 32.6 Å². The molecule has 1 heterocycles. The molecule has 1 amide bonds. The van der Waals surface area contributed by atoms with Crippen molar-refractivity contribution >= 4 is 11.6 Å². The zero-order chi connectivity index (χ0) is 17.9. The predicted molar refractivity (Wildman–Crippen MR) is 104 cm³/mol. The average Bonchev–Trinajstić information content (AvgIpc) is 3.13. The summed E-state index contributed by atoms with van der Waals surface area (Å²) < 4.78 is 0. The molecule has 3 aromatic rings. The molecule has 4 nitrogen and oxygen atoms in total. The van der Waals surface area contributed by atoms with Crippen LogP contribution >= 0.6 is 0 Å². The van der Waals surface area contributed by atoms with Crippen LogP contribution in [0.5, 0.6) is 0 Å². The number of hydrogen-bond acceptors (Lipinski definition) is 2. The molecule has 1 aromatic heterocycles. The van der Waals surface area contributed by atoms with Crippen molar-refractivity contribution in [1.29, 1.82) is 0 Å². The molecule has 132 valence electrons. The molecule has 0 spiro atoms. The van der Waals surface area contributed by atoms with Crippen LogP contribution < -0.4 is 4.90 Å². The zero-order valence-electron chi connectivity index (χ0n) is 15.0. The molecule has 1 aliphatic carbocycles. The summed E-state index contributed by atoms with van der Waals surface area (Å²) >= 11 is 0. The zero-order valence-corrected chi connectivity index (χ0v) is 15.0. The fraction of sp³-hybridized carbons (Fsp3) is 0.273. The molecule has 1 aliphatic rings. The molecular weight excluding hydrogens is 322 g/mol. The number of H-pyrrole nitrogens is 1. The number of benzene rings is 2. The van der Waals surface area contributed by atoms with Crippen molar-refractivity contribution in [1.82, 2.24) is 10.2 Å². The minimum atomic E-state index is 0.0156. The third-order valence-electron chi connectivity index (χ3n) is 5.10. The van der Waals surface area contributed by atoms with Crippen molar-refractivity contribution in [3.63, 3.8) is 0 Å². The van der Waals surface area contributed by atoms with Gasteiger partial charge >= 0.3 is 0 Å². The number of fused-ring (bicyclic) bond motifs is 1. The molecule has 0 aliphatic heterocycles. The number of nitrogens with zero attached hydrogens (tertiary/aromatic N) is 2. The van der Waals surface area contributed by atoms with Crippen LogP contribution in [0.4, 0.5) is 5.69 Å². The van der Waals surface area contributed by atoms with Gasteiger partial charge in [0.05, 0.1) is 5.69 Å². The quantitative estimate of drug-likeness (QED) is 0.750. The molecule has 0 saturated heterocycles. The van der Waals surface area contributed by atoms with Crippen LogP contribution in [0.25, 0.3) is 11.3 Å². The van der Waals surface area contributed by atoms with Crippen molar-refractivity contribution in [3.05, 3.63) is 71.4 Å². The lowest BCUT2D eigenvalue weighted by atomic mass is 9.92. The Morgan fingerprint density at radius 2 is 1.77 bits per heavy atom. The first-order valence-electron chi connectivity index (χ1n) is 9.32. The number of carbonyl (C=O) groups excluding carboxylic acids is 1. The Morgan fingerprint density at radius 3 is 2.58 bits per heavy atom. The summed E-state index contributed by atoms with van der Waals surface area (Å²) in [6, 6.07) is 17.7. The molecule has 0 radical (unpaired) electrons. The Hall–Kier alpha value is -2.88. The second-order valence-corrected chi connectivity index (χ2v) is 6.67. The molecular formula is C22H23N3O. The maximum absolute atomic E-state index is 13.3. The van der Waals surface area contributed by atoms with Gasteiger partial charge in [0.2, 0.25) is 0 Å². The van der Waals surface area contributed by atoms with Gasteiger partial charge in [0.1, 0.15) is 0 Å². The highest BCUT2D eigenvalue weighted by molar-refractivity contribution is 6.10. The van der Waals surface area contributed by atoms with Crippen LogP contribution in [0.1, 0.15) is 41.4 Å². The Balaban J connectivity index is 1.76. The van der Waals surface area contributed by atoms with Crippen LogP contribution in [-0.4, -0.2) is 22.6 Å². The Morgan fingerprint density at radius 1 is 1.04 bits per heavy atom. The van der Waals surface area contributed by atoms with Crippen LogP contribution in [0.15, 0.2) is 54.6 Å². The third kappa shape index (κ3) is 2.92. The Bertz CT molecular complexity index is 914. The van der Waals surface area contributed by atoms with E-state index in [2.05, 4.69) is 10.2 Å². The number of carbonyl (C=O) groups is 1. The van der Waals surface area contributed by atoms with Gasteiger partial charge in [-0.25, -0.2) is 0 Å². The van der Waals surface area contributed by atoms with Gasteiger partial charge in [0.25, 0.3) is 5.91 Å². The van der Waals surface area contributed by atoms with Gasteiger partial charge in [-0.2, -0.15) is 5.10 Å². The number of aromatic nitrogens is 2. The van der Waals surface area contributed by atoms with Crippen LogP contribution in [0, 0.1) is 0 Å². The summed E-state index contributed by atoms with van der Waals surface area (Å²) in [6.07, 6.45) is 4.46.